The summed E-state index contributed by atoms with van der Waals surface area (Å²) < 4.78 is 11.1. The van der Waals surface area contributed by atoms with Gasteiger partial charge in [0.05, 0.1) is 25.4 Å². The lowest BCUT2D eigenvalue weighted by Gasteiger charge is -2.32. The van der Waals surface area contributed by atoms with Gasteiger partial charge in [-0.2, -0.15) is 0 Å². The van der Waals surface area contributed by atoms with E-state index in [0.717, 1.165) is 32.1 Å². The van der Waals surface area contributed by atoms with Crippen LogP contribution in [0.2, 0.25) is 0 Å². The molecule has 1 heterocycles. The molecule has 1 aliphatic heterocycles. The highest BCUT2D eigenvalue weighted by molar-refractivity contribution is 5.67. The van der Waals surface area contributed by atoms with E-state index in [-0.39, 0.29) is 12.2 Å². The normalized spacial score (nSPS) is 21.6. The van der Waals surface area contributed by atoms with Gasteiger partial charge in [0.2, 0.25) is 0 Å². The van der Waals surface area contributed by atoms with Crippen molar-refractivity contribution in [3.63, 3.8) is 0 Å². The molecule has 2 N–H and O–H groups in total. The molecule has 0 unspecified atom stereocenters. The molecular formula is C21H32N2O4. The SMILES string of the molecule is CCOC(=O)N1CCC(NC[C@@H](O)CO[C@H]2CCCc3ccccc32)CC1. The summed E-state index contributed by atoms with van der Waals surface area (Å²) in [5.41, 5.74) is 2.64. The summed E-state index contributed by atoms with van der Waals surface area (Å²) in [6.07, 6.45) is 4.37. The van der Waals surface area contributed by atoms with E-state index in [1.165, 1.54) is 11.1 Å². The summed E-state index contributed by atoms with van der Waals surface area (Å²) in [5.74, 6) is 0. The van der Waals surface area contributed by atoms with Gasteiger partial charge in [-0.05, 0) is 50.2 Å². The number of piperidine rings is 1. The maximum atomic E-state index is 11.7. The van der Waals surface area contributed by atoms with Crippen molar-refractivity contribution in [2.24, 2.45) is 0 Å². The molecular weight excluding hydrogens is 344 g/mol. The van der Waals surface area contributed by atoms with Crippen LogP contribution < -0.4 is 5.32 Å². The second-order valence-electron chi connectivity index (χ2n) is 7.44. The Morgan fingerprint density at radius 2 is 2.07 bits per heavy atom. The predicted molar refractivity (Wildman–Crippen MR) is 104 cm³/mol. The van der Waals surface area contributed by atoms with E-state index in [1.54, 1.807) is 4.90 Å². The number of carbonyl (C=O) groups excluding carboxylic acids is 1. The van der Waals surface area contributed by atoms with Gasteiger partial charge < -0.3 is 24.8 Å². The summed E-state index contributed by atoms with van der Waals surface area (Å²) in [6, 6.07) is 8.77. The number of hydrogen-bond acceptors (Lipinski definition) is 5. The van der Waals surface area contributed by atoms with E-state index in [4.69, 9.17) is 9.47 Å². The maximum absolute atomic E-state index is 11.7. The van der Waals surface area contributed by atoms with E-state index in [9.17, 15) is 9.90 Å². The van der Waals surface area contributed by atoms with Gasteiger partial charge >= 0.3 is 6.09 Å². The van der Waals surface area contributed by atoms with E-state index in [1.807, 2.05) is 6.92 Å². The number of benzene rings is 1. The first kappa shape index (κ1) is 20.1. The fourth-order valence-electron chi connectivity index (χ4n) is 3.95. The van der Waals surface area contributed by atoms with Gasteiger partial charge in [0.15, 0.2) is 0 Å². The minimum Gasteiger partial charge on any atom is -0.450 e. The second kappa shape index (κ2) is 10.1. The number of aryl methyl sites for hydroxylation is 1. The Morgan fingerprint density at radius 1 is 1.30 bits per heavy atom. The molecule has 0 spiro atoms. The second-order valence-corrected chi connectivity index (χ2v) is 7.44. The van der Waals surface area contributed by atoms with Crippen LogP contribution in [0.4, 0.5) is 4.79 Å². The molecule has 0 bridgehead atoms. The number of fused-ring (bicyclic) bond motifs is 1. The predicted octanol–water partition coefficient (Wildman–Crippen LogP) is 2.65. The van der Waals surface area contributed by atoms with Crippen molar-refractivity contribution in [1.29, 1.82) is 0 Å². The van der Waals surface area contributed by atoms with Crippen molar-refractivity contribution in [3.05, 3.63) is 35.4 Å². The molecule has 6 heteroatoms. The Kier molecular flexibility index (Phi) is 7.50. The molecule has 2 atom stereocenters. The molecule has 150 valence electrons. The molecule has 1 amide bonds. The first-order valence-electron chi connectivity index (χ1n) is 10.2. The zero-order valence-corrected chi connectivity index (χ0v) is 16.2. The van der Waals surface area contributed by atoms with E-state index in [2.05, 4.69) is 29.6 Å². The molecule has 0 saturated carbocycles. The van der Waals surface area contributed by atoms with E-state index >= 15 is 0 Å². The molecule has 0 radical (unpaired) electrons. The monoisotopic (exact) mass is 376 g/mol. The largest absolute Gasteiger partial charge is 0.450 e. The van der Waals surface area contributed by atoms with Crippen LogP contribution in [-0.4, -0.2) is 61.1 Å². The fraction of sp³-hybridized carbons (Fsp3) is 0.667. The number of aliphatic hydroxyl groups excluding tert-OH is 1. The van der Waals surface area contributed by atoms with Crippen molar-refractivity contribution in [2.75, 3.05) is 32.8 Å². The van der Waals surface area contributed by atoms with Gasteiger partial charge in [-0.25, -0.2) is 4.79 Å². The van der Waals surface area contributed by atoms with E-state index < -0.39 is 6.10 Å². The van der Waals surface area contributed by atoms with Crippen molar-refractivity contribution >= 4 is 6.09 Å². The van der Waals surface area contributed by atoms with Crippen LogP contribution in [0.1, 0.15) is 49.8 Å². The molecule has 3 rings (SSSR count). The molecule has 1 aromatic rings. The van der Waals surface area contributed by atoms with Crippen LogP contribution >= 0.6 is 0 Å². The number of rotatable bonds is 7. The van der Waals surface area contributed by atoms with Crippen molar-refractivity contribution in [2.45, 2.75) is 57.3 Å². The number of nitrogens with one attached hydrogen (secondary N) is 1. The number of hydrogen-bond donors (Lipinski definition) is 2. The first-order valence-corrected chi connectivity index (χ1v) is 10.2. The third-order valence-corrected chi connectivity index (χ3v) is 5.47. The van der Waals surface area contributed by atoms with Crippen LogP contribution in [0, 0.1) is 0 Å². The molecule has 6 nitrogen and oxygen atoms in total. The summed E-state index contributed by atoms with van der Waals surface area (Å²) in [7, 11) is 0. The average Bonchev–Trinajstić information content (AvgIpc) is 2.71. The van der Waals surface area contributed by atoms with E-state index in [0.29, 0.717) is 38.9 Å². The van der Waals surface area contributed by atoms with Crippen LogP contribution in [-0.2, 0) is 15.9 Å². The number of nitrogens with zero attached hydrogens (tertiary/aromatic N) is 1. The Hall–Kier alpha value is -1.63. The molecule has 1 aromatic carbocycles. The Labute approximate surface area is 161 Å². The maximum Gasteiger partial charge on any atom is 0.409 e. The third kappa shape index (κ3) is 5.67. The Balaban J connectivity index is 1.35. The highest BCUT2D eigenvalue weighted by Crippen LogP contribution is 2.32. The zero-order valence-electron chi connectivity index (χ0n) is 16.2. The van der Waals surface area contributed by atoms with Crippen molar-refractivity contribution in [1.82, 2.24) is 10.2 Å². The summed E-state index contributed by atoms with van der Waals surface area (Å²) in [4.78, 5) is 13.5. The number of aliphatic hydroxyl groups is 1. The third-order valence-electron chi connectivity index (χ3n) is 5.47. The smallest absolute Gasteiger partial charge is 0.409 e. The average molecular weight is 376 g/mol. The fourth-order valence-corrected chi connectivity index (χ4v) is 3.95. The Morgan fingerprint density at radius 3 is 2.85 bits per heavy atom. The van der Waals surface area contributed by atoms with Gasteiger partial charge in [-0.15, -0.1) is 0 Å². The summed E-state index contributed by atoms with van der Waals surface area (Å²) >= 11 is 0. The quantitative estimate of drug-likeness (QED) is 0.766. The standard InChI is InChI=1S/C21H32N2O4/c1-2-26-21(25)23-12-10-17(11-13-23)22-14-18(24)15-27-20-9-5-7-16-6-3-4-8-19(16)20/h3-4,6,8,17-18,20,22,24H,2,5,7,9-15H2,1H3/t18-,20+/m1/s1. The number of amides is 1. The van der Waals surface area contributed by atoms with Crippen LogP contribution in [0.3, 0.4) is 0 Å². The van der Waals surface area contributed by atoms with Crippen LogP contribution in [0.25, 0.3) is 0 Å². The zero-order chi connectivity index (χ0) is 19.1. The van der Waals surface area contributed by atoms with Crippen molar-refractivity contribution < 1.29 is 19.4 Å². The Bertz CT molecular complexity index is 602. The molecule has 2 aliphatic rings. The van der Waals surface area contributed by atoms with Gasteiger partial charge in [0, 0.05) is 25.7 Å². The molecule has 1 saturated heterocycles. The highest BCUT2D eigenvalue weighted by Gasteiger charge is 2.24. The lowest BCUT2D eigenvalue weighted by molar-refractivity contribution is -0.0179. The lowest BCUT2D eigenvalue weighted by atomic mass is 9.89. The van der Waals surface area contributed by atoms with Crippen LogP contribution in [0.5, 0.6) is 0 Å². The van der Waals surface area contributed by atoms with Crippen LogP contribution in [0.15, 0.2) is 24.3 Å². The lowest BCUT2D eigenvalue weighted by Crippen LogP contribution is -2.47. The van der Waals surface area contributed by atoms with Gasteiger partial charge in [-0.1, -0.05) is 24.3 Å². The molecule has 1 fully saturated rings. The number of ether oxygens (including phenoxy) is 2. The topological polar surface area (TPSA) is 71.0 Å². The summed E-state index contributed by atoms with van der Waals surface area (Å²) in [6.45, 7) is 4.48. The molecule has 1 aliphatic carbocycles. The minimum absolute atomic E-state index is 0.0948. The first-order chi connectivity index (χ1) is 13.2. The number of carbonyl (C=O) groups is 1. The number of likely N-dealkylation sites (tertiary alicyclic amines) is 1. The van der Waals surface area contributed by atoms with Gasteiger partial charge in [0.25, 0.3) is 0 Å². The minimum atomic E-state index is -0.526. The highest BCUT2D eigenvalue weighted by atomic mass is 16.6. The van der Waals surface area contributed by atoms with Gasteiger partial charge in [0.1, 0.15) is 0 Å². The van der Waals surface area contributed by atoms with Gasteiger partial charge in [-0.3, -0.25) is 0 Å². The molecule has 0 aromatic heterocycles. The van der Waals surface area contributed by atoms with Crippen molar-refractivity contribution in [3.8, 4) is 0 Å². The molecule has 27 heavy (non-hydrogen) atoms. The summed E-state index contributed by atoms with van der Waals surface area (Å²) in [5, 5.41) is 13.7.